The van der Waals surface area contributed by atoms with Gasteiger partial charge in [-0.15, -0.1) is 0 Å². The molecule has 1 aliphatic rings. The third-order valence-corrected chi connectivity index (χ3v) is 4.77. The first-order chi connectivity index (χ1) is 14.0. The van der Waals surface area contributed by atoms with Crippen molar-refractivity contribution in [3.63, 3.8) is 0 Å². The van der Waals surface area contributed by atoms with Crippen molar-refractivity contribution in [1.82, 2.24) is 15.1 Å². The zero-order valence-electron chi connectivity index (χ0n) is 17.7. The molecule has 1 aromatic rings. The van der Waals surface area contributed by atoms with E-state index in [-0.39, 0.29) is 18.4 Å². The molecule has 0 aromatic heterocycles. The standard InChI is InChI=1S/C20H31N3O6/c1-26-11-5-8-23(14-18(24)22-9-6-21-7-10-22)20(25)15-12-16(27-2)19(29-4)17(13-15)28-3/h12-13,21H,5-11,14H2,1-4H3. The molecule has 2 amide bonds. The van der Waals surface area contributed by atoms with E-state index in [1.54, 1.807) is 29.0 Å². The SMILES string of the molecule is COCCCN(CC(=O)N1CCNCC1)C(=O)c1cc(OC)c(OC)c(OC)c1. The molecule has 0 saturated carbocycles. The maximum absolute atomic E-state index is 13.2. The Morgan fingerprint density at radius 3 is 2.17 bits per heavy atom. The number of rotatable bonds is 10. The highest BCUT2D eigenvalue weighted by molar-refractivity contribution is 5.97. The van der Waals surface area contributed by atoms with E-state index in [1.807, 2.05) is 0 Å². The molecule has 29 heavy (non-hydrogen) atoms. The van der Waals surface area contributed by atoms with E-state index in [4.69, 9.17) is 18.9 Å². The summed E-state index contributed by atoms with van der Waals surface area (Å²) in [5, 5.41) is 3.22. The minimum atomic E-state index is -0.274. The van der Waals surface area contributed by atoms with Crippen LogP contribution < -0.4 is 19.5 Å². The normalized spacial score (nSPS) is 13.7. The molecule has 1 heterocycles. The Labute approximate surface area is 171 Å². The van der Waals surface area contributed by atoms with Crippen molar-refractivity contribution in [3.05, 3.63) is 17.7 Å². The van der Waals surface area contributed by atoms with E-state index in [1.165, 1.54) is 21.3 Å². The van der Waals surface area contributed by atoms with Crippen LogP contribution in [0.3, 0.4) is 0 Å². The molecule has 0 unspecified atom stereocenters. The van der Waals surface area contributed by atoms with Crippen LogP contribution >= 0.6 is 0 Å². The molecule has 1 fully saturated rings. The highest BCUT2D eigenvalue weighted by Gasteiger charge is 2.25. The Kier molecular flexibility index (Phi) is 9.01. The molecule has 0 atom stereocenters. The molecule has 162 valence electrons. The number of methoxy groups -OCH3 is 4. The fraction of sp³-hybridized carbons (Fsp3) is 0.600. The van der Waals surface area contributed by atoms with Crippen molar-refractivity contribution in [3.8, 4) is 17.2 Å². The molecule has 0 radical (unpaired) electrons. The number of hydrogen-bond donors (Lipinski definition) is 1. The van der Waals surface area contributed by atoms with E-state index < -0.39 is 0 Å². The van der Waals surface area contributed by atoms with Crippen molar-refractivity contribution in [2.75, 3.05) is 74.3 Å². The summed E-state index contributed by atoms with van der Waals surface area (Å²) < 4.78 is 21.1. The second kappa shape index (κ2) is 11.5. The van der Waals surface area contributed by atoms with E-state index in [0.717, 1.165) is 13.1 Å². The zero-order chi connectivity index (χ0) is 21.2. The predicted molar refractivity (Wildman–Crippen MR) is 108 cm³/mol. The van der Waals surface area contributed by atoms with Gasteiger partial charge in [0.25, 0.3) is 5.91 Å². The lowest BCUT2D eigenvalue weighted by Gasteiger charge is -2.30. The van der Waals surface area contributed by atoms with E-state index in [9.17, 15) is 9.59 Å². The van der Waals surface area contributed by atoms with Crippen molar-refractivity contribution in [2.24, 2.45) is 0 Å². The number of carbonyl (C=O) groups excluding carboxylic acids is 2. The molecule has 0 aliphatic carbocycles. The van der Waals surface area contributed by atoms with Crippen LogP contribution in [0.15, 0.2) is 12.1 Å². The maximum atomic E-state index is 13.2. The molecule has 1 N–H and O–H groups in total. The predicted octanol–water partition coefficient (Wildman–Crippen LogP) is 0.623. The lowest BCUT2D eigenvalue weighted by atomic mass is 10.1. The van der Waals surface area contributed by atoms with Crippen molar-refractivity contribution < 1.29 is 28.5 Å². The summed E-state index contributed by atoms with van der Waals surface area (Å²) in [6.07, 6.45) is 0.626. The second-order valence-electron chi connectivity index (χ2n) is 6.62. The molecular weight excluding hydrogens is 378 g/mol. The average Bonchev–Trinajstić information content (AvgIpc) is 2.77. The molecule has 9 nitrogen and oxygen atoms in total. The van der Waals surface area contributed by atoms with Crippen molar-refractivity contribution in [2.45, 2.75) is 6.42 Å². The molecule has 1 aliphatic heterocycles. The summed E-state index contributed by atoms with van der Waals surface area (Å²) in [7, 11) is 6.11. The second-order valence-corrected chi connectivity index (χ2v) is 6.62. The Morgan fingerprint density at radius 2 is 1.66 bits per heavy atom. The summed E-state index contributed by atoms with van der Waals surface area (Å²) in [5.41, 5.74) is 0.366. The Morgan fingerprint density at radius 1 is 1.03 bits per heavy atom. The number of ether oxygens (including phenoxy) is 4. The number of benzene rings is 1. The van der Waals surface area contributed by atoms with Crippen LogP contribution in [0.4, 0.5) is 0 Å². The molecule has 1 saturated heterocycles. The van der Waals surface area contributed by atoms with Gasteiger partial charge in [0, 0.05) is 52.0 Å². The van der Waals surface area contributed by atoms with Gasteiger partial charge in [-0.05, 0) is 18.6 Å². The number of nitrogens with one attached hydrogen (secondary N) is 1. The number of hydrogen-bond acceptors (Lipinski definition) is 7. The van der Waals surface area contributed by atoms with Crippen LogP contribution in [-0.2, 0) is 9.53 Å². The van der Waals surface area contributed by atoms with Crippen LogP contribution in [0, 0.1) is 0 Å². The summed E-state index contributed by atoms with van der Waals surface area (Å²) in [5.74, 6) is 0.851. The minimum absolute atomic E-state index is 0.0131. The zero-order valence-corrected chi connectivity index (χ0v) is 17.7. The van der Waals surface area contributed by atoms with Crippen LogP contribution in [0.2, 0.25) is 0 Å². The molecular formula is C20H31N3O6. The van der Waals surface area contributed by atoms with Crippen molar-refractivity contribution >= 4 is 11.8 Å². The Bertz CT molecular complexity index is 666. The molecule has 0 spiro atoms. The summed E-state index contributed by atoms with van der Waals surface area (Å²) in [6, 6.07) is 3.20. The number of nitrogens with zero attached hydrogens (tertiary/aromatic N) is 2. The average molecular weight is 409 g/mol. The van der Waals surface area contributed by atoms with Crippen LogP contribution in [0.25, 0.3) is 0 Å². The van der Waals surface area contributed by atoms with Gasteiger partial charge < -0.3 is 34.1 Å². The fourth-order valence-electron chi connectivity index (χ4n) is 3.22. The quantitative estimate of drug-likeness (QED) is 0.567. The smallest absolute Gasteiger partial charge is 0.254 e. The number of piperazine rings is 1. The number of carbonyl (C=O) groups is 2. The minimum Gasteiger partial charge on any atom is -0.493 e. The van der Waals surface area contributed by atoms with Gasteiger partial charge in [-0.25, -0.2) is 0 Å². The molecule has 1 aromatic carbocycles. The van der Waals surface area contributed by atoms with Crippen LogP contribution in [0.1, 0.15) is 16.8 Å². The molecule has 2 rings (SSSR count). The van der Waals surface area contributed by atoms with Gasteiger partial charge in [0.1, 0.15) is 6.54 Å². The molecule has 0 bridgehead atoms. The van der Waals surface area contributed by atoms with E-state index >= 15 is 0 Å². The third kappa shape index (κ3) is 5.98. The molecule has 9 heteroatoms. The lowest BCUT2D eigenvalue weighted by molar-refractivity contribution is -0.132. The van der Waals surface area contributed by atoms with Crippen molar-refractivity contribution in [1.29, 1.82) is 0 Å². The highest BCUT2D eigenvalue weighted by atomic mass is 16.5. The highest BCUT2D eigenvalue weighted by Crippen LogP contribution is 2.38. The first-order valence-corrected chi connectivity index (χ1v) is 9.62. The van der Waals surface area contributed by atoms with Gasteiger partial charge in [0.15, 0.2) is 11.5 Å². The Hall–Kier alpha value is -2.52. The van der Waals surface area contributed by atoms with E-state index in [2.05, 4.69) is 5.32 Å². The van der Waals surface area contributed by atoms with Crippen LogP contribution in [-0.4, -0.2) is 95.9 Å². The van der Waals surface area contributed by atoms with Gasteiger partial charge in [0.05, 0.1) is 21.3 Å². The third-order valence-electron chi connectivity index (χ3n) is 4.77. The lowest BCUT2D eigenvalue weighted by Crippen LogP contribution is -2.50. The van der Waals surface area contributed by atoms with Crippen LogP contribution in [0.5, 0.6) is 17.2 Å². The topological polar surface area (TPSA) is 89.6 Å². The van der Waals surface area contributed by atoms with Gasteiger partial charge in [-0.3, -0.25) is 9.59 Å². The first-order valence-electron chi connectivity index (χ1n) is 9.62. The van der Waals surface area contributed by atoms with E-state index in [0.29, 0.717) is 55.5 Å². The number of amides is 2. The van der Waals surface area contributed by atoms with Gasteiger partial charge in [-0.1, -0.05) is 0 Å². The fourth-order valence-corrected chi connectivity index (χ4v) is 3.22. The largest absolute Gasteiger partial charge is 0.493 e. The van der Waals surface area contributed by atoms with Gasteiger partial charge in [0.2, 0.25) is 11.7 Å². The van der Waals surface area contributed by atoms with Gasteiger partial charge >= 0.3 is 0 Å². The summed E-state index contributed by atoms with van der Waals surface area (Å²) in [6.45, 7) is 3.72. The summed E-state index contributed by atoms with van der Waals surface area (Å²) >= 11 is 0. The first kappa shape index (κ1) is 22.8. The Balaban J connectivity index is 2.24. The maximum Gasteiger partial charge on any atom is 0.254 e. The summed E-state index contributed by atoms with van der Waals surface area (Å²) in [4.78, 5) is 29.3. The van der Waals surface area contributed by atoms with Gasteiger partial charge in [-0.2, -0.15) is 0 Å². The monoisotopic (exact) mass is 409 g/mol.